The number of hydrogen-bond donors (Lipinski definition) is 1. The molecule has 2 heterocycles. The van der Waals surface area contributed by atoms with Crippen LogP contribution in [0.5, 0.6) is 0 Å². The van der Waals surface area contributed by atoms with Gasteiger partial charge in [-0.1, -0.05) is 6.07 Å². The summed E-state index contributed by atoms with van der Waals surface area (Å²) in [7, 11) is -4.07. The molecule has 20 heavy (non-hydrogen) atoms. The van der Waals surface area contributed by atoms with Gasteiger partial charge in [0.15, 0.2) is 12.4 Å². The van der Waals surface area contributed by atoms with Gasteiger partial charge in [0.05, 0.1) is 15.9 Å². The van der Waals surface area contributed by atoms with Gasteiger partial charge in [-0.2, -0.15) is 11.3 Å². The number of aromatic nitrogens is 1. The predicted molar refractivity (Wildman–Crippen MR) is 78.5 cm³/mol. The summed E-state index contributed by atoms with van der Waals surface area (Å²) in [5.41, 5.74) is 1.23. The quantitative estimate of drug-likeness (QED) is 0.635. The zero-order valence-corrected chi connectivity index (χ0v) is 12.6. The fraction of sp³-hybridized carbons (Fsp3) is 0.308. The molecule has 2 aromatic rings. The average Bonchev–Trinajstić information content (AvgIpc) is 2.93. The third-order valence-corrected chi connectivity index (χ3v) is 3.74. The Morgan fingerprint density at radius 2 is 1.95 bits per heavy atom. The third-order valence-electron chi connectivity index (χ3n) is 2.31. The second-order valence-electron chi connectivity index (χ2n) is 3.97. The highest BCUT2D eigenvalue weighted by atomic mass is 32.2. The molecule has 2 rings (SSSR count). The molecule has 0 unspecified atom stereocenters. The van der Waals surface area contributed by atoms with E-state index in [0.29, 0.717) is 6.54 Å². The van der Waals surface area contributed by atoms with E-state index in [9.17, 15) is 13.0 Å². The Hall–Kier alpha value is -1.28. The van der Waals surface area contributed by atoms with Crippen molar-refractivity contribution in [1.82, 2.24) is 5.32 Å². The minimum Gasteiger partial charge on any atom is -0.748 e. The van der Waals surface area contributed by atoms with Gasteiger partial charge in [0.25, 0.3) is 0 Å². The molecule has 5 nitrogen and oxygen atoms in total. The van der Waals surface area contributed by atoms with Crippen LogP contribution < -0.4 is 10.3 Å². The fourth-order valence-corrected chi connectivity index (χ4v) is 2.43. The van der Waals surface area contributed by atoms with Gasteiger partial charge in [-0.15, -0.1) is 0 Å². The van der Waals surface area contributed by atoms with Crippen molar-refractivity contribution in [1.29, 1.82) is 0 Å². The van der Waals surface area contributed by atoms with E-state index in [0.717, 1.165) is 6.42 Å². The maximum absolute atomic E-state index is 10.2. The van der Waals surface area contributed by atoms with Crippen LogP contribution in [0.3, 0.4) is 0 Å². The van der Waals surface area contributed by atoms with Crippen LogP contribution in [0.1, 0.15) is 5.56 Å². The summed E-state index contributed by atoms with van der Waals surface area (Å²) in [6.45, 7) is 0.933. The molecule has 0 saturated carbocycles. The van der Waals surface area contributed by atoms with E-state index < -0.39 is 10.1 Å². The van der Waals surface area contributed by atoms with E-state index in [4.69, 9.17) is 0 Å². The van der Waals surface area contributed by atoms with Crippen LogP contribution in [0.4, 0.5) is 0 Å². The lowest BCUT2D eigenvalue weighted by Gasteiger charge is -2.07. The normalized spacial score (nSPS) is 10.7. The first-order valence-corrected chi connectivity index (χ1v) is 8.66. The van der Waals surface area contributed by atoms with Gasteiger partial charge >= 0.3 is 0 Å². The first-order valence-electron chi connectivity index (χ1n) is 6.14. The lowest BCUT2D eigenvalue weighted by Crippen LogP contribution is -2.24. The van der Waals surface area contributed by atoms with Gasteiger partial charge in [0.2, 0.25) is 0 Å². The minimum atomic E-state index is -4.07. The molecule has 2 N–H and O–H groups in total. The molecule has 0 saturated heterocycles. The van der Waals surface area contributed by atoms with E-state index in [1.807, 2.05) is 47.4 Å². The van der Waals surface area contributed by atoms with Crippen molar-refractivity contribution in [3.8, 4) is 0 Å². The summed E-state index contributed by atoms with van der Waals surface area (Å²) in [6.07, 6.45) is 4.61. The van der Waals surface area contributed by atoms with Crippen LogP contribution in [0.25, 0.3) is 0 Å². The second-order valence-corrected chi connectivity index (χ2v) is 6.27. The molecule has 0 aliphatic heterocycles. The summed E-state index contributed by atoms with van der Waals surface area (Å²) in [4.78, 5) is 2.89. The zero-order chi connectivity index (χ0) is 14.7. The highest BCUT2D eigenvalue weighted by Gasteiger charge is 1.95. The zero-order valence-electron chi connectivity index (χ0n) is 11.0. The maximum Gasteiger partial charge on any atom is 0.166 e. The Labute approximate surface area is 123 Å². The van der Waals surface area contributed by atoms with Crippen molar-refractivity contribution >= 4 is 21.5 Å². The van der Waals surface area contributed by atoms with Gasteiger partial charge in [-0.05, 0) is 35.4 Å². The van der Waals surface area contributed by atoms with E-state index in [1.54, 1.807) is 11.3 Å². The van der Waals surface area contributed by atoms with Crippen molar-refractivity contribution in [3.05, 3.63) is 53.0 Å². The fourth-order valence-electron chi connectivity index (χ4n) is 1.33. The van der Waals surface area contributed by atoms with Gasteiger partial charge in [-0.3, -0.25) is 0 Å². The third kappa shape index (κ3) is 9.62. The van der Waals surface area contributed by atoms with E-state index in [1.165, 1.54) is 5.56 Å². The molecule has 0 spiro atoms. The van der Waals surface area contributed by atoms with Crippen LogP contribution >= 0.6 is 11.3 Å². The minimum absolute atomic E-state index is 0.232. The van der Waals surface area contributed by atoms with E-state index in [-0.39, 0.29) is 12.3 Å². The first kappa shape index (κ1) is 16.8. The van der Waals surface area contributed by atoms with Crippen molar-refractivity contribution in [3.63, 3.8) is 0 Å². The number of rotatable bonds is 6. The summed E-state index contributed by atoms with van der Waals surface area (Å²) >= 11 is 1.63. The monoisotopic (exact) mass is 314 g/mol. The molecule has 0 aliphatic rings. The maximum atomic E-state index is 10.2. The summed E-state index contributed by atoms with van der Waals surface area (Å²) in [6, 6.07) is 7.88. The molecule has 0 bridgehead atoms. The molecule has 2 aromatic heterocycles. The Morgan fingerprint density at radius 3 is 2.40 bits per heavy atom. The molecule has 0 amide bonds. The van der Waals surface area contributed by atoms with Crippen molar-refractivity contribution in [2.45, 2.75) is 6.42 Å². The van der Waals surface area contributed by atoms with Gasteiger partial charge in [-0.25, -0.2) is 13.4 Å². The molecule has 0 aliphatic carbocycles. The summed E-state index contributed by atoms with van der Waals surface area (Å²) < 4.78 is 30.7. The second kappa shape index (κ2) is 9.60. The van der Waals surface area contributed by atoms with Crippen LogP contribution in [-0.2, 0) is 16.5 Å². The topological polar surface area (TPSA) is 83.4 Å². The smallest absolute Gasteiger partial charge is 0.166 e. The van der Waals surface area contributed by atoms with E-state index in [2.05, 4.69) is 10.3 Å². The SMILES string of the molecule is O=S(=O)([O-])CCNCCc1ccsc1.c1cc[nH+]cc1. The van der Waals surface area contributed by atoms with Crippen LogP contribution in [0, 0.1) is 0 Å². The highest BCUT2D eigenvalue weighted by Crippen LogP contribution is 2.05. The highest BCUT2D eigenvalue weighted by molar-refractivity contribution is 7.85. The van der Waals surface area contributed by atoms with Gasteiger partial charge < -0.3 is 9.87 Å². The van der Waals surface area contributed by atoms with Crippen molar-refractivity contribution < 1.29 is 18.0 Å². The number of thiophene rings is 1. The van der Waals surface area contributed by atoms with E-state index >= 15 is 0 Å². The molecular formula is C13H18N2O3S2. The molecule has 0 radical (unpaired) electrons. The van der Waals surface area contributed by atoms with Crippen molar-refractivity contribution in [2.24, 2.45) is 0 Å². The van der Waals surface area contributed by atoms with Crippen LogP contribution in [0.2, 0.25) is 0 Å². The molecular weight excluding hydrogens is 296 g/mol. The number of hydrogen-bond acceptors (Lipinski definition) is 5. The lowest BCUT2D eigenvalue weighted by atomic mass is 10.2. The Kier molecular flexibility index (Phi) is 8.05. The number of pyridine rings is 1. The number of nitrogens with one attached hydrogen (secondary N) is 2. The molecule has 0 aromatic carbocycles. The summed E-state index contributed by atoms with van der Waals surface area (Å²) in [5, 5.41) is 6.95. The van der Waals surface area contributed by atoms with Crippen LogP contribution in [-0.4, -0.2) is 31.8 Å². The Bertz CT molecular complexity index is 516. The molecule has 7 heteroatoms. The van der Waals surface area contributed by atoms with Gasteiger partial charge in [0, 0.05) is 18.7 Å². The van der Waals surface area contributed by atoms with Crippen molar-refractivity contribution in [2.75, 3.05) is 18.8 Å². The standard InChI is InChI=1S/C8H13NO3S2.C5H5N/c10-14(11,12)6-4-9-3-1-8-2-5-13-7-8;1-2-4-6-5-3-1/h2,5,7,9H,1,3-4,6H2,(H,10,11,12);1-5H. The van der Waals surface area contributed by atoms with Gasteiger partial charge in [0.1, 0.15) is 0 Å². The number of H-pyrrole nitrogens is 1. The Balaban J connectivity index is 0.000000276. The molecule has 0 atom stereocenters. The predicted octanol–water partition coefficient (Wildman–Crippen LogP) is 0.926. The summed E-state index contributed by atoms with van der Waals surface area (Å²) in [5.74, 6) is -0.337. The van der Waals surface area contributed by atoms with Crippen LogP contribution in [0.15, 0.2) is 47.4 Å². The number of aromatic amines is 1. The first-order chi connectivity index (χ1) is 9.58. The average molecular weight is 314 g/mol. The largest absolute Gasteiger partial charge is 0.748 e. The Morgan fingerprint density at radius 1 is 1.20 bits per heavy atom. The lowest BCUT2D eigenvalue weighted by molar-refractivity contribution is -0.377. The molecule has 110 valence electrons. The molecule has 0 fully saturated rings.